The monoisotopic (exact) mass is 400 g/mol. The molecular formula is C23H32N2O2S. The fraction of sp³-hybridized carbons (Fsp3) is 0.565. The lowest BCUT2D eigenvalue weighted by Gasteiger charge is -2.42. The zero-order valence-electron chi connectivity index (χ0n) is 17.6. The highest BCUT2D eigenvalue weighted by molar-refractivity contribution is 7.99. The number of carbonyl (C=O) groups excluding carboxylic acids is 1. The Labute approximate surface area is 172 Å². The van der Waals surface area contributed by atoms with E-state index in [4.69, 9.17) is 4.52 Å². The quantitative estimate of drug-likeness (QED) is 0.622. The van der Waals surface area contributed by atoms with Crippen molar-refractivity contribution in [2.75, 3.05) is 0 Å². The molecule has 0 saturated heterocycles. The van der Waals surface area contributed by atoms with Crippen LogP contribution < -0.4 is 5.32 Å². The topological polar surface area (TPSA) is 55.1 Å². The van der Waals surface area contributed by atoms with E-state index >= 15 is 0 Å². The van der Waals surface area contributed by atoms with E-state index in [1.807, 2.05) is 30.3 Å². The molecule has 3 rings (SSSR count). The lowest BCUT2D eigenvalue weighted by Crippen LogP contribution is -2.51. The Balaban J connectivity index is 1.79. The van der Waals surface area contributed by atoms with Gasteiger partial charge in [0.05, 0.1) is 10.6 Å². The third-order valence-corrected chi connectivity index (χ3v) is 6.91. The van der Waals surface area contributed by atoms with Gasteiger partial charge in [0.2, 0.25) is 5.76 Å². The van der Waals surface area contributed by atoms with Crippen molar-refractivity contribution < 1.29 is 9.32 Å². The number of hydrogen-bond acceptors (Lipinski definition) is 4. The normalized spacial score (nSPS) is 22.0. The fourth-order valence-electron chi connectivity index (χ4n) is 3.67. The number of carbonyl (C=O) groups is 1. The van der Waals surface area contributed by atoms with Crippen molar-refractivity contribution in [3.8, 4) is 0 Å². The molecule has 1 heterocycles. The number of aryl methyl sites for hydroxylation is 1. The zero-order chi connectivity index (χ0) is 20.3. The van der Waals surface area contributed by atoms with Crippen LogP contribution in [0.2, 0.25) is 0 Å². The minimum Gasteiger partial charge on any atom is -0.349 e. The van der Waals surface area contributed by atoms with E-state index in [1.165, 1.54) is 6.42 Å². The molecule has 1 aliphatic carbocycles. The van der Waals surface area contributed by atoms with Crippen molar-refractivity contribution in [2.45, 2.75) is 76.1 Å². The van der Waals surface area contributed by atoms with Crippen LogP contribution in [0, 0.1) is 17.3 Å². The molecule has 1 amide bonds. The van der Waals surface area contributed by atoms with Gasteiger partial charge < -0.3 is 9.84 Å². The van der Waals surface area contributed by atoms with Crippen LogP contribution in [0.15, 0.2) is 44.6 Å². The van der Waals surface area contributed by atoms with Gasteiger partial charge in [-0.2, -0.15) is 0 Å². The molecule has 28 heavy (non-hydrogen) atoms. The van der Waals surface area contributed by atoms with Crippen molar-refractivity contribution in [1.82, 2.24) is 10.5 Å². The molecule has 152 valence electrons. The summed E-state index contributed by atoms with van der Waals surface area (Å²) in [5.41, 5.74) is 1.08. The summed E-state index contributed by atoms with van der Waals surface area (Å²) in [6.45, 7) is 11.1. The maximum Gasteiger partial charge on any atom is 0.291 e. The van der Waals surface area contributed by atoms with E-state index in [0.29, 0.717) is 17.6 Å². The second-order valence-corrected chi connectivity index (χ2v) is 10.2. The molecule has 1 aromatic heterocycles. The largest absolute Gasteiger partial charge is 0.349 e. The average Bonchev–Trinajstić information content (AvgIpc) is 3.05. The number of nitrogens with one attached hydrogen (secondary N) is 1. The highest BCUT2D eigenvalue weighted by Gasteiger charge is 2.38. The number of hydrogen-bond donors (Lipinski definition) is 1. The Morgan fingerprint density at radius 1 is 1.29 bits per heavy atom. The van der Waals surface area contributed by atoms with Crippen LogP contribution in [0.4, 0.5) is 0 Å². The first-order valence-electron chi connectivity index (χ1n) is 10.3. The molecule has 1 aliphatic rings. The SMILES string of the molecule is CCC1CC(NC(=O)c2onc(CCC(C)(C)C)c2Sc2ccccc2)C1C. The van der Waals surface area contributed by atoms with Crippen LogP contribution in [0.5, 0.6) is 0 Å². The molecule has 5 heteroatoms. The van der Waals surface area contributed by atoms with E-state index in [-0.39, 0.29) is 17.4 Å². The highest BCUT2D eigenvalue weighted by atomic mass is 32.2. The second kappa shape index (κ2) is 8.73. The number of rotatable bonds is 7. The first-order valence-corrected chi connectivity index (χ1v) is 11.1. The average molecular weight is 401 g/mol. The lowest BCUT2D eigenvalue weighted by atomic mass is 9.69. The number of benzene rings is 1. The molecule has 0 bridgehead atoms. The minimum atomic E-state index is -0.139. The van der Waals surface area contributed by atoms with Crippen LogP contribution in [-0.2, 0) is 6.42 Å². The first kappa shape index (κ1) is 21.0. The third-order valence-electron chi connectivity index (χ3n) is 5.77. The van der Waals surface area contributed by atoms with Gasteiger partial charge in [-0.15, -0.1) is 0 Å². The Kier molecular flexibility index (Phi) is 6.54. The summed E-state index contributed by atoms with van der Waals surface area (Å²) in [6, 6.07) is 10.3. The van der Waals surface area contributed by atoms with E-state index in [2.05, 4.69) is 45.1 Å². The summed E-state index contributed by atoms with van der Waals surface area (Å²) in [6.07, 6.45) is 4.01. The van der Waals surface area contributed by atoms with Crippen molar-refractivity contribution in [3.63, 3.8) is 0 Å². The number of amides is 1. The van der Waals surface area contributed by atoms with Gasteiger partial charge in [-0.1, -0.05) is 76.2 Å². The van der Waals surface area contributed by atoms with Gasteiger partial charge in [0.15, 0.2) is 0 Å². The molecular weight excluding hydrogens is 368 g/mol. The van der Waals surface area contributed by atoms with Gasteiger partial charge in [-0.05, 0) is 48.6 Å². The maximum atomic E-state index is 13.0. The summed E-state index contributed by atoms with van der Waals surface area (Å²) in [5.74, 6) is 1.44. The predicted molar refractivity (Wildman–Crippen MR) is 114 cm³/mol. The Morgan fingerprint density at radius 2 is 2.00 bits per heavy atom. The van der Waals surface area contributed by atoms with Crippen molar-refractivity contribution in [2.24, 2.45) is 17.3 Å². The molecule has 1 fully saturated rings. The van der Waals surface area contributed by atoms with Gasteiger partial charge >= 0.3 is 0 Å². The summed E-state index contributed by atoms with van der Waals surface area (Å²) in [4.78, 5) is 14.9. The minimum absolute atomic E-state index is 0.139. The molecule has 1 N–H and O–H groups in total. The summed E-state index contributed by atoms with van der Waals surface area (Å²) in [5, 5.41) is 7.45. The van der Waals surface area contributed by atoms with Crippen molar-refractivity contribution >= 4 is 17.7 Å². The van der Waals surface area contributed by atoms with Gasteiger partial charge in [0.1, 0.15) is 0 Å². The lowest BCUT2D eigenvalue weighted by molar-refractivity contribution is 0.0731. The molecule has 0 aliphatic heterocycles. The molecule has 1 saturated carbocycles. The Hall–Kier alpha value is -1.75. The van der Waals surface area contributed by atoms with E-state index < -0.39 is 0 Å². The van der Waals surface area contributed by atoms with E-state index in [1.54, 1.807) is 11.8 Å². The van der Waals surface area contributed by atoms with Crippen LogP contribution in [0.25, 0.3) is 0 Å². The number of aromatic nitrogens is 1. The summed E-state index contributed by atoms with van der Waals surface area (Å²) in [7, 11) is 0. The molecule has 4 nitrogen and oxygen atoms in total. The zero-order valence-corrected chi connectivity index (χ0v) is 18.4. The molecule has 2 aromatic rings. The highest BCUT2D eigenvalue weighted by Crippen LogP contribution is 2.38. The van der Waals surface area contributed by atoms with Gasteiger partial charge in [-0.3, -0.25) is 4.79 Å². The Bertz CT molecular complexity index is 795. The van der Waals surface area contributed by atoms with Crippen LogP contribution >= 0.6 is 11.8 Å². The fourth-order valence-corrected chi connectivity index (χ4v) is 4.68. The summed E-state index contributed by atoms with van der Waals surface area (Å²) < 4.78 is 5.57. The molecule has 1 aromatic carbocycles. The van der Waals surface area contributed by atoms with Gasteiger partial charge in [0.25, 0.3) is 5.91 Å². The van der Waals surface area contributed by atoms with Crippen molar-refractivity contribution in [1.29, 1.82) is 0 Å². The smallest absolute Gasteiger partial charge is 0.291 e. The Morgan fingerprint density at radius 3 is 2.61 bits per heavy atom. The first-order chi connectivity index (χ1) is 13.3. The van der Waals surface area contributed by atoms with Crippen molar-refractivity contribution in [3.05, 3.63) is 41.8 Å². The van der Waals surface area contributed by atoms with Crippen LogP contribution in [0.3, 0.4) is 0 Å². The maximum absolute atomic E-state index is 13.0. The van der Waals surface area contributed by atoms with E-state index in [9.17, 15) is 4.79 Å². The van der Waals surface area contributed by atoms with Gasteiger partial charge in [-0.25, -0.2) is 0 Å². The molecule has 3 atom stereocenters. The number of nitrogens with zero attached hydrogens (tertiary/aromatic N) is 1. The van der Waals surface area contributed by atoms with E-state index in [0.717, 1.165) is 34.7 Å². The standard InChI is InChI=1S/C23H32N2O2S/c1-6-16-14-19(15(16)2)24-22(26)20-21(28-17-10-8-7-9-11-17)18(25-27-20)12-13-23(3,4)5/h7-11,15-16,19H,6,12-14H2,1-5H3,(H,24,26). The molecule has 3 unspecified atom stereocenters. The van der Waals surface area contributed by atoms with Gasteiger partial charge in [0, 0.05) is 10.9 Å². The molecule has 0 radical (unpaired) electrons. The molecule has 0 spiro atoms. The second-order valence-electron chi connectivity index (χ2n) is 9.11. The predicted octanol–water partition coefficient (Wildman–Crippen LogP) is 5.97. The summed E-state index contributed by atoms with van der Waals surface area (Å²) >= 11 is 1.57. The third kappa shape index (κ3) is 4.99. The van der Waals surface area contributed by atoms with Crippen LogP contribution in [-0.4, -0.2) is 17.1 Å². The van der Waals surface area contributed by atoms with Crippen LogP contribution in [0.1, 0.15) is 70.1 Å².